The van der Waals surface area contributed by atoms with Crippen molar-refractivity contribution < 1.29 is 9.13 Å². The second-order valence-electron chi connectivity index (χ2n) is 8.62. The van der Waals surface area contributed by atoms with Crippen molar-refractivity contribution in [3.63, 3.8) is 0 Å². The number of nitrogens with one attached hydrogen (secondary N) is 1. The van der Waals surface area contributed by atoms with Crippen LogP contribution in [-0.2, 0) is 6.61 Å². The summed E-state index contributed by atoms with van der Waals surface area (Å²) < 4.78 is 19.1. The predicted octanol–water partition coefficient (Wildman–Crippen LogP) is 4.84. The molecule has 0 aliphatic carbocycles. The molecule has 3 heterocycles. The Kier molecular flexibility index (Phi) is 6.84. The van der Waals surface area contributed by atoms with Gasteiger partial charge in [-0.3, -0.25) is 5.43 Å². The number of rotatable bonds is 8. The Hall–Kier alpha value is -3.68. The summed E-state index contributed by atoms with van der Waals surface area (Å²) in [7, 11) is 0. The van der Waals surface area contributed by atoms with Gasteiger partial charge in [-0.05, 0) is 55.5 Å². The summed E-state index contributed by atoms with van der Waals surface area (Å²) in [5.74, 6) is 2.85. The Balaban J connectivity index is 1.30. The van der Waals surface area contributed by atoms with E-state index < -0.39 is 0 Å². The number of nitrogens with zero attached hydrogens (tertiary/aromatic N) is 5. The molecule has 2 saturated heterocycles. The molecule has 1 N–H and O–H groups in total. The van der Waals surface area contributed by atoms with E-state index in [1.807, 2.05) is 30.3 Å². The molecule has 5 rings (SSSR count). The maximum Gasteiger partial charge on any atom is 0.229 e. The maximum absolute atomic E-state index is 13.1. The second kappa shape index (κ2) is 10.5. The number of para-hydroxylation sites is 1. The summed E-state index contributed by atoms with van der Waals surface area (Å²) in [6.07, 6.45) is 6.46. The van der Waals surface area contributed by atoms with Crippen LogP contribution in [0.5, 0.6) is 5.75 Å². The number of ether oxygens (including phenoxy) is 1. The lowest BCUT2D eigenvalue weighted by atomic mass is 10.2. The van der Waals surface area contributed by atoms with Crippen LogP contribution in [0, 0.1) is 5.82 Å². The highest BCUT2D eigenvalue weighted by Gasteiger charge is 2.20. The van der Waals surface area contributed by atoms with E-state index in [1.54, 1.807) is 18.3 Å². The van der Waals surface area contributed by atoms with Gasteiger partial charge in [0.15, 0.2) is 5.82 Å². The molecule has 34 heavy (non-hydrogen) atoms. The van der Waals surface area contributed by atoms with Gasteiger partial charge in [-0.2, -0.15) is 15.1 Å². The summed E-state index contributed by atoms with van der Waals surface area (Å²) in [5, 5.41) is 4.44. The highest BCUT2D eigenvalue weighted by molar-refractivity contribution is 5.84. The summed E-state index contributed by atoms with van der Waals surface area (Å²) in [6, 6.07) is 16.0. The normalized spacial score (nSPS) is 15.9. The van der Waals surface area contributed by atoms with Gasteiger partial charge in [0.05, 0.1) is 6.21 Å². The summed E-state index contributed by atoms with van der Waals surface area (Å²) in [5.41, 5.74) is 4.83. The Morgan fingerprint density at radius 3 is 2.38 bits per heavy atom. The summed E-state index contributed by atoms with van der Waals surface area (Å²) in [4.78, 5) is 14.1. The van der Waals surface area contributed by atoms with E-state index in [4.69, 9.17) is 14.7 Å². The highest BCUT2D eigenvalue weighted by atomic mass is 19.1. The second-order valence-corrected chi connectivity index (χ2v) is 8.62. The smallest absolute Gasteiger partial charge is 0.229 e. The van der Waals surface area contributed by atoms with Crippen molar-refractivity contribution in [3.05, 3.63) is 71.5 Å². The lowest BCUT2D eigenvalue weighted by Gasteiger charge is -2.21. The number of hydrogen-bond acceptors (Lipinski definition) is 7. The van der Waals surface area contributed by atoms with Crippen molar-refractivity contribution in [2.45, 2.75) is 32.3 Å². The third-order valence-electron chi connectivity index (χ3n) is 6.13. The quantitative estimate of drug-likeness (QED) is 0.383. The number of benzene rings is 2. The first-order valence-electron chi connectivity index (χ1n) is 11.9. The Bertz CT molecular complexity index is 1090. The molecule has 2 aliphatic heterocycles. The highest BCUT2D eigenvalue weighted by Crippen LogP contribution is 2.25. The van der Waals surface area contributed by atoms with E-state index in [-0.39, 0.29) is 5.82 Å². The predicted molar refractivity (Wildman–Crippen MR) is 133 cm³/mol. The molecule has 2 fully saturated rings. The molecule has 0 unspecified atom stereocenters. The number of halogens is 1. The molecule has 0 amide bonds. The topological polar surface area (TPSA) is 65.9 Å². The number of anilines is 3. The molecule has 0 spiro atoms. The molecular formula is C26H29FN6O. The molecule has 2 aliphatic rings. The van der Waals surface area contributed by atoms with E-state index in [0.717, 1.165) is 49.1 Å². The molecular weight excluding hydrogens is 431 g/mol. The summed E-state index contributed by atoms with van der Waals surface area (Å²) >= 11 is 0. The van der Waals surface area contributed by atoms with E-state index >= 15 is 0 Å². The van der Waals surface area contributed by atoms with Crippen LogP contribution in [-0.4, -0.2) is 42.4 Å². The maximum atomic E-state index is 13.1. The van der Waals surface area contributed by atoms with Crippen LogP contribution in [0.15, 0.2) is 59.7 Å². The van der Waals surface area contributed by atoms with E-state index in [0.29, 0.717) is 18.2 Å². The van der Waals surface area contributed by atoms with Gasteiger partial charge in [-0.15, -0.1) is 0 Å². The minimum Gasteiger partial charge on any atom is -0.488 e. The standard InChI is InChI=1S/C26H29FN6O/c27-22-11-9-20(10-12-22)19-34-23-8-2-1-7-21(23)18-28-31-24-17-25(32-13-3-4-14-32)30-26(29-24)33-15-5-6-16-33/h1-2,7-12,17-18H,3-6,13-16,19H2,(H,29,30,31). The van der Waals surface area contributed by atoms with Crippen LogP contribution in [0.2, 0.25) is 0 Å². The van der Waals surface area contributed by atoms with Gasteiger partial charge >= 0.3 is 0 Å². The molecule has 8 heteroatoms. The molecule has 0 saturated carbocycles. The van der Waals surface area contributed by atoms with Crippen molar-refractivity contribution >= 4 is 23.8 Å². The van der Waals surface area contributed by atoms with Crippen LogP contribution in [0.25, 0.3) is 0 Å². The van der Waals surface area contributed by atoms with Gasteiger partial charge in [0.1, 0.15) is 24.0 Å². The lowest BCUT2D eigenvalue weighted by Crippen LogP contribution is -2.24. The van der Waals surface area contributed by atoms with Crippen LogP contribution in [0.3, 0.4) is 0 Å². The molecule has 1 aromatic heterocycles. The van der Waals surface area contributed by atoms with Crippen LogP contribution < -0.4 is 20.0 Å². The zero-order valence-corrected chi connectivity index (χ0v) is 19.2. The van der Waals surface area contributed by atoms with Crippen molar-refractivity contribution in [2.75, 3.05) is 41.4 Å². The monoisotopic (exact) mass is 460 g/mol. The Labute approximate surface area is 199 Å². The Morgan fingerprint density at radius 2 is 1.62 bits per heavy atom. The molecule has 0 radical (unpaired) electrons. The van der Waals surface area contributed by atoms with Crippen molar-refractivity contribution in [1.82, 2.24) is 9.97 Å². The van der Waals surface area contributed by atoms with Gasteiger partial charge in [-0.1, -0.05) is 24.3 Å². The number of aromatic nitrogens is 2. The first kappa shape index (κ1) is 22.1. The largest absolute Gasteiger partial charge is 0.488 e. The van der Waals surface area contributed by atoms with Gasteiger partial charge in [0.2, 0.25) is 5.95 Å². The van der Waals surface area contributed by atoms with E-state index in [1.165, 1.54) is 37.8 Å². The molecule has 0 atom stereocenters. The minimum atomic E-state index is -0.257. The molecule has 3 aromatic rings. The molecule has 2 aromatic carbocycles. The number of hydrogen-bond donors (Lipinski definition) is 1. The first-order chi connectivity index (χ1) is 16.7. The van der Waals surface area contributed by atoms with Crippen molar-refractivity contribution in [1.29, 1.82) is 0 Å². The fourth-order valence-electron chi connectivity index (χ4n) is 4.27. The first-order valence-corrected chi connectivity index (χ1v) is 11.9. The zero-order valence-electron chi connectivity index (χ0n) is 19.2. The summed E-state index contributed by atoms with van der Waals surface area (Å²) in [6.45, 7) is 4.38. The Morgan fingerprint density at radius 1 is 0.912 bits per heavy atom. The third kappa shape index (κ3) is 5.44. The van der Waals surface area contributed by atoms with E-state index in [9.17, 15) is 4.39 Å². The molecule has 7 nitrogen and oxygen atoms in total. The minimum absolute atomic E-state index is 0.257. The fourth-order valence-corrected chi connectivity index (χ4v) is 4.27. The SMILES string of the molecule is Fc1ccc(COc2ccccc2C=NNc2cc(N3CCCC3)nc(N3CCCC3)n2)cc1. The molecule has 0 bridgehead atoms. The average Bonchev–Trinajstić information content (AvgIpc) is 3.59. The number of hydrazone groups is 1. The van der Waals surface area contributed by atoms with Crippen molar-refractivity contribution in [2.24, 2.45) is 5.10 Å². The van der Waals surface area contributed by atoms with Crippen LogP contribution in [0.4, 0.5) is 22.0 Å². The average molecular weight is 461 g/mol. The van der Waals surface area contributed by atoms with Crippen molar-refractivity contribution in [3.8, 4) is 5.75 Å². The zero-order chi connectivity index (χ0) is 23.2. The van der Waals surface area contributed by atoms with Crippen LogP contribution in [0.1, 0.15) is 36.8 Å². The van der Waals surface area contributed by atoms with Crippen LogP contribution >= 0.6 is 0 Å². The van der Waals surface area contributed by atoms with E-state index in [2.05, 4.69) is 20.3 Å². The third-order valence-corrected chi connectivity index (χ3v) is 6.13. The lowest BCUT2D eigenvalue weighted by molar-refractivity contribution is 0.305. The molecule has 176 valence electrons. The van der Waals surface area contributed by atoms with Gasteiger partial charge in [0.25, 0.3) is 0 Å². The fraction of sp³-hybridized carbons (Fsp3) is 0.346. The van der Waals surface area contributed by atoms with Gasteiger partial charge in [-0.25, -0.2) is 4.39 Å². The van der Waals surface area contributed by atoms with Gasteiger partial charge in [0, 0.05) is 37.8 Å². The van der Waals surface area contributed by atoms with Gasteiger partial charge < -0.3 is 14.5 Å².